The van der Waals surface area contributed by atoms with Crippen LogP contribution in [0.25, 0.3) is 0 Å². The molecule has 1 aromatic carbocycles. The molecule has 0 aliphatic heterocycles. The molecule has 2 nitrogen and oxygen atoms in total. The fraction of sp³-hybridized carbons (Fsp3) is 0. The lowest BCUT2D eigenvalue weighted by Crippen LogP contribution is -1.71. The largest absolute Gasteiger partial charge is 0.237 e. The van der Waals surface area contributed by atoms with Crippen LogP contribution >= 0.6 is 65.8 Å². The highest BCUT2D eigenvalue weighted by Gasteiger charge is 2.02. The minimum atomic E-state index is 1.09. The number of aromatic nitrogens is 2. The van der Waals surface area contributed by atoms with Gasteiger partial charge in [0.15, 0.2) is 8.68 Å². The number of hydrogen-bond acceptors (Lipinski definition) is 8. The molecule has 0 atom stereocenters. The monoisotopic (exact) mass is 372 g/mol. The Bertz CT molecular complexity index is 563. The molecule has 0 amide bonds. The molecule has 102 valence electrons. The Labute approximate surface area is 141 Å². The molecule has 2 heterocycles. The molecule has 20 heavy (non-hydrogen) atoms. The summed E-state index contributed by atoms with van der Waals surface area (Å²) in [4.78, 5) is 11.0. The Morgan fingerprint density at radius 1 is 0.650 bits per heavy atom. The lowest BCUT2D eigenvalue weighted by atomic mass is 10.4. The van der Waals surface area contributed by atoms with E-state index in [1.165, 1.54) is 9.79 Å². The summed E-state index contributed by atoms with van der Waals surface area (Å²) in [6.45, 7) is 0. The van der Waals surface area contributed by atoms with Crippen molar-refractivity contribution in [3.63, 3.8) is 0 Å². The predicted octanol–water partition coefficient (Wildman–Crippen LogP) is 6.20. The van der Waals surface area contributed by atoms with Gasteiger partial charge in [0.1, 0.15) is 0 Å². The van der Waals surface area contributed by atoms with Crippen LogP contribution in [0.2, 0.25) is 0 Å². The van der Waals surface area contributed by atoms with Gasteiger partial charge in [-0.15, -0.1) is 22.7 Å². The normalized spacial score (nSPS) is 10.8. The fourth-order valence-corrected chi connectivity index (χ4v) is 6.88. The minimum Gasteiger partial charge on any atom is -0.237 e. The average molecular weight is 373 g/mol. The summed E-state index contributed by atoms with van der Waals surface area (Å²) in [5, 5.41) is 4.00. The van der Waals surface area contributed by atoms with Gasteiger partial charge >= 0.3 is 0 Å². The Hall–Kier alpha value is -0.120. The molecule has 0 unspecified atom stereocenters. The maximum Gasteiger partial charge on any atom is 0.160 e. The first-order chi connectivity index (χ1) is 9.90. The van der Waals surface area contributed by atoms with E-state index < -0.39 is 0 Å². The van der Waals surface area contributed by atoms with Crippen LogP contribution in [0.15, 0.2) is 65.9 Å². The summed E-state index contributed by atoms with van der Waals surface area (Å²) >= 11 is 3.34. The summed E-state index contributed by atoms with van der Waals surface area (Å²) in [5.41, 5.74) is 0. The first-order valence-electron chi connectivity index (χ1n) is 5.48. The standard InChI is InChI=1S/C12H8N2S6/c1-2-10(18-20-12-14-6-8-16-12)4-3-9(1)17-19-11-13-5-7-15-11/h1-8H. The van der Waals surface area contributed by atoms with Gasteiger partial charge in [0.2, 0.25) is 0 Å². The van der Waals surface area contributed by atoms with Crippen molar-refractivity contribution in [3.05, 3.63) is 47.4 Å². The quantitative estimate of drug-likeness (QED) is 0.478. The Morgan fingerprint density at radius 3 is 1.45 bits per heavy atom. The third-order valence-electron chi connectivity index (χ3n) is 2.06. The molecule has 0 aliphatic rings. The highest BCUT2D eigenvalue weighted by molar-refractivity contribution is 8.77. The number of nitrogens with zero attached hydrogens (tertiary/aromatic N) is 2. The van der Waals surface area contributed by atoms with Gasteiger partial charge in [-0.2, -0.15) is 0 Å². The summed E-state index contributed by atoms with van der Waals surface area (Å²) in [6.07, 6.45) is 3.67. The highest BCUT2D eigenvalue weighted by atomic mass is 33.1. The van der Waals surface area contributed by atoms with E-state index in [9.17, 15) is 0 Å². The van der Waals surface area contributed by atoms with E-state index in [1.54, 1.807) is 65.8 Å². The summed E-state index contributed by atoms with van der Waals surface area (Å²) in [6, 6.07) is 8.60. The zero-order valence-corrected chi connectivity index (χ0v) is 14.9. The molecule has 0 fully saturated rings. The van der Waals surface area contributed by atoms with Crippen molar-refractivity contribution in [2.75, 3.05) is 0 Å². The SMILES string of the molecule is c1csc(SSc2ccc(SSc3nccs3)cc2)n1. The molecule has 0 saturated heterocycles. The van der Waals surface area contributed by atoms with Crippen molar-refractivity contribution in [1.29, 1.82) is 0 Å². The van der Waals surface area contributed by atoms with Gasteiger partial charge in [0, 0.05) is 32.9 Å². The Morgan fingerprint density at radius 2 is 1.10 bits per heavy atom. The van der Waals surface area contributed by atoms with Crippen LogP contribution in [0.1, 0.15) is 0 Å². The van der Waals surface area contributed by atoms with Crippen LogP contribution in [0.3, 0.4) is 0 Å². The van der Waals surface area contributed by atoms with Gasteiger partial charge in [-0.05, 0) is 45.9 Å². The molecule has 3 rings (SSSR count). The van der Waals surface area contributed by atoms with Crippen molar-refractivity contribution in [2.45, 2.75) is 18.5 Å². The topological polar surface area (TPSA) is 25.8 Å². The Balaban J connectivity index is 1.51. The van der Waals surface area contributed by atoms with Gasteiger partial charge in [-0.25, -0.2) is 9.97 Å². The minimum absolute atomic E-state index is 1.09. The van der Waals surface area contributed by atoms with Crippen LogP contribution in [0.4, 0.5) is 0 Å². The van der Waals surface area contributed by atoms with E-state index in [4.69, 9.17) is 0 Å². The molecule has 0 aliphatic carbocycles. The second kappa shape index (κ2) is 7.77. The smallest absolute Gasteiger partial charge is 0.160 e. The van der Waals surface area contributed by atoms with Crippen LogP contribution in [-0.2, 0) is 0 Å². The maximum absolute atomic E-state index is 4.25. The van der Waals surface area contributed by atoms with Gasteiger partial charge < -0.3 is 0 Å². The Kier molecular flexibility index (Phi) is 5.75. The molecular formula is C12H8N2S6. The molecular weight excluding hydrogens is 365 g/mol. The number of thiazole rings is 2. The summed E-state index contributed by atoms with van der Waals surface area (Å²) < 4.78 is 2.18. The van der Waals surface area contributed by atoms with E-state index in [-0.39, 0.29) is 0 Å². The molecule has 8 heteroatoms. The molecule has 0 bridgehead atoms. The lowest BCUT2D eigenvalue weighted by Gasteiger charge is -2.01. The van der Waals surface area contributed by atoms with Crippen molar-refractivity contribution < 1.29 is 0 Å². The number of hydrogen-bond donors (Lipinski definition) is 0. The molecule has 3 aromatic rings. The van der Waals surface area contributed by atoms with Gasteiger partial charge in [-0.3, -0.25) is 0 Å². The molecule has 0 spiro atoms. The number of benzene rings is 1. The molecule has 0 saturated carbocycles. The van der Waals surface area contributed by atoms with Crippen LogP contribution in [-0.4, -0.2) is 9.97 Å². The molecule has 2 aromatic heterocycles. The fourth-order valence-electron chi connectivity index (χ4n) is 1.22. The maximum atomic E-state index is 4.25. The average Bonchev–Trinajstić information content (AvgIpc) is 3.17. The first-order valence-corrected chi connectivity index (χ1v) is 11.5. The zero-order valence-electron chi connectivity index (χ0n) is 9.96. The third kappa shape index (κ3) is 4.44. The van der Waals surface area contributed by atoms with E-state index in [0.29, 0.717) is 0 Å². The summed E-state index contributed by atoms with van der Waals surface area (Å²) in [5.74, 6) is 0. The molecule has 0 radical (unpaired) electrons. The van der Waals surface area contributed by atoms with E-state index in [0.717, 1.165) is 8.68 Å². The van der Waals surface area contributed by atoms with Crippen LogP contribution < -0.4 is 0 Å². The predicted molar refractivity (Wildman–Crippen MR) is 94.1 cm³/mol. The lowest BCUT2D eigenvalue weighted by molar-refractivity contribution is 1.26. The number of rotatable bonds is 6. The molecule has 0 N–H and O–H groups in total. The summed E-state index contributed by atoms with van der Waals surface area (Å²) in [7, 11) is 6.88. The third-order valence-corrected chi connectivity index (χ3v) is 9.10. The second-order valence-electron chi connectivity index (χ2n) is 3.40. The first kappa shape index (κ1) is 14.8. The van der Waals surface area contributed by atoms with Gasteiger partial charge in [0.25, 0.3) is 0 Å². The second-order valence-corrected chi connectivity index (χ2v) is 10.1. The van der Waals surface area contributed by atoms with Crippen molar-refractivity contribution >= 4 is 65.8 Å². The van der Waals surface area contributed by atoms with E-state index in [2.05, 4.69) is 34.2 Å². The zero-order chi connectivity index (χ0) is 13.6. The van der Waals surface area contributed by atoms with Crippen molar-refractivity contribution in [2.24, 2.45) is 0 Å². The van der Waals surface area contributed by atoms with Crippen LogP contribution in [0.5, 0.6) is 0 Å². The van der Waals surface area contributed by atoms with E-state index >= 15 is 0 Å². The highest BCUT2D eigenvalue weighted by Crippen LogP contribution is 2.41. The van der Waals surface area contributed by atoms with Gasteiger partial charge in [0.05, 0.1) is 0 Å². The van der Waals surface area contributed by atoms with Crippen LogP contribution in [0, 0.1) is 0 Å². The van der Waals surface area contributed by atoms with E-state index in [1.807, 2.05) is 23.2 Å². The van der Waals surface area contributed by atoms with Crippen molar-refractivity contribution in [1.82, 2.24) is 9.97 Å². The van der Waals surface area contributed by atoms with Gasteiger partial charge in [-0.1, -0.05) is 21.6 Å². The van der Waals surface area contributed by atoms with Crippen molar-refractivity contribution in [3.8, 4) is 0 Å².